The summed E-state index contributed by atoms with van der Waals surface area (Å²) in [6, 6.07) is 3.85. The molecule has 0 saturated carbocycles. The Hall–Kier alpha value is -0.870. The highest BCUT2D eigenvalue weighted by Gasteiger charge is 2.30. The first kappa shape index (κ1) is 13.6. The minimum absolute atomic E-state index is 0.272. The zero-order valence-electron chi connectivity index (χ0n) is 11.3. The van der Waals surface area contributed by atoms with Crippen LogP contribution in [0.2, 0.25) is 0 Å². The predicted molar refractivity (Wildman–Crippen MR) is 73.7 cm³/mol. The van der Waals surface area contributed by atoms with Crippen LogP contribution in [0.4, 0.5) is 0 Å². The summed E-state index contributed by atoms with van der Waals surface area (Å²) < 4.78 is 25.3. The smallest absolute Gasteiger partial charge is 0.182 e. The van der Waals surface area contributed by atoms with Gasteiger partial charge in [0.2, 0.25) is 0 Å². The number of nitrogens with one attached hydrogen (secondary N) is 1. The lowest BCUT2D eigenvalue weighted by molar-refractivity contribution is 0.496. The third-order valence-corrected chi connectivity index (χ3v) is 6.08. The van der Waals surface area contributed by atoms with Crippen molar-refractivity contribution in [2.75, 3.05) is 13.1 Å². The Balaban J connectivity index is 2.46. The summed E-state index contributed by atoms with van der Waals surface area (Å²) in [5.41, 5.74) is 2.96. The van der Waals surface area contributed by atoms with E-state index in [1.54, 1.807) is 0 Å². The van der Waals surface area contributed by atoms with Crippen molar-refractivity contribution in [3.8, 4) is 0 Å². The zero-order chi connectivity index (χ0) is 13.3. The average Bonchev–Trinajstić information content (AvgIpc) is 2.34. The first-order chi connectivity index (χ1) is 8.43. The molecule has 1 fully saturated rings. The van der Waals surface area contributed by atoms with Gasteiger partial charge in [0.15, 0.2) is 9.84 Å². The molecule has 1 atom stereocenters. The summed E-state index contributed by atoms with van der Waals surface area (Å²) in [5, 5.41) is 2.91. The van der Waals surface area contributed by atoms with Gasteiger partial charge in [-0.1, -0.05) is 6.07 Å². The van der Waals surface area contributed by atoms with Crippen molar-refractivity contribution in [3.05, 3.63) is 28.8 Å². The van der Waals surface area contributed by atoms with Crippen molar-refractivity contribution in [3.63, 3.8) is 0 Å². The second kappa shape index (κ2) is 5.02. The molecule has 0 bridgehead atoms. The van der Waals surface area contributed by atoms with Crippen LogP contribution in [0.25, 0.3) is 0 Å². The van der Waals surface area contributed by atoms with Crippen LogP contribution in [0.5, 0.6) is 0 Å². The van der Waals surface area contributed by atoms with Crippen LogP contribution in [0, 0.1) is 20.8 Å². The van der Waals surface area contributed by atoms with E-state index in [-0.39, 0.29) is 5.25 Å². The average molecular weight is 267 g/mol. The van der Waals surface area contributed by atoms with E-state index >= 15 is 0 Å². The molecule has 1 aromatic carbocycles. The molecular formula is C14H21NO2S. The number of aryl methyl sites for hydroxylation is 2. The van der Waals surface area contributed by atoms with Gasteiger partial charge in [-0.25, -0.2) is 8.42 Å². The second-order valence-corrected chi connectivity index (χ2v) is 7.41. The fourth-order valence-corrected chi connectivity index (χ4v) is 4.67. The Labute approximate surface area is 110 Å². The topological polar surface area (TPSA) is 46.2 Å². The number of rotatable bonds is 2. The van der Waals surface area contributed by atoms with Gasteiger partial charge in [0.05, 0.1) is 10.1 Å². The van der Waals surface area contributed by atoms with Crippen molar-refractivity contribution in [2.45, 2.75) is 43.8 Å². The molecule has 0 amide bonds. The molecule has 1 aliphatic rings. The first-order valence-electron chi connectivity index (χ1n) is 6.45. The number of piperidine rings is 1. The highest BCUT2D eigenvalue weighted by Crippen LogP contribution is 2.26. The second-order valence-electron chi connectivity index (χ2n) is 5.22. The van der Waals surface area contributed by atoms with E-state index in [1.165, 1.54) is 0 Å². The van der Waals surface area contributed by atoms with E-state index < -0.39 is 9.84 Å². The molecule has 0 radical (unpaired) electrons. The lowest BCUT2D eigenvalue weighted by atomic mass is 10.1. The van der Waals surface area contributed by atoms with Gasteiger partial charge in [-0.15, -0.1) is 0 Å². The summed E-state index contributed by atoms with van der Waals surface area (Å²) in [6.07, 6.45) is 1.70. The summed E-state index contributed by atoms with van der Waals surface area (Å²) in [5.74, 6) is 0. The Kier molecular flexibility index (Phi) is 3.78. The Morgan fingerprint density at radius 3 is 2.56 bits per heavy atom. The maximum absolute atomic E-state index is 12.7. The van der Waals surface area contributed by atoms with Gasteiger partial charge < -0.3 is 5.32 Å². The molecule has 1 saturated heterocycles. The minimum atomic E-state index is -3.20. The summed E-state index contributed by atoms with van der Waals surface area (Å²) in [4.78, 5) is 0.522. The van der Waals surface area contributed by atoms with Crippen molar-refractivity contribution in [2.24, 2.45) is 0 Å². The maximum Gasteiger partial charge on any atom is 0.182 e. The van der Waals surface area contributed by atoms with Crippen LogP contribution in [-0.2, 0) is 9.84 Å². The van der Waals surface area contributed by atoms with Crippen LogP contribution in [0.1, 0.15) is 29.5 Å². The van der Waals surface area contributed by atoms with Crippen molar-refractivity contribution in [1.82, 2.24) is 5.32 Å². The van der Waals surface area contributed by atoms with E-state index in [0.29, 0.717) is 11.4 Å². The lowest BCUT2D eigenvalue weighted by Gasteiger charge is -2.24. The van der Waals surface area contributed by atoms with E-state index in [1.807, 2.05) is 32.9 Å². The highest BCUT2D eigenvalue weighted by atomic mass is 32.2. The molecule has 0 aromatic heterocycles. The molecule has 0 spiro atoms. The molecular weight excluding hydrogens is 246 g/mol. The van der Waals surface area contributed by atoms with Gasteiger partial charge >= 0.3 is 0 Å². The molecule has 2 rings (SSSR count). The third kappa shape index (κ3) is 2.45. The first-order valence-corrected chi connectivity index (χ1v) is 8.00. The number of hydrogen-bond donors (Lipinski definition) is 1. The van der Waals surface area contributed by atoms with Gasteiger partial charge in [-0.3, -0.25) is 0 Å². The Morgan fingerprint density at radius 1 is 1.22 bits per heavy atom. The standard InChI is InChI=1S/C14H21NO2S/c1-10-7-11(2)12(3)14(8-10)18(16,17)13-5-4-6-15-9-13/h7-8,13,15H,4-6,9H2,1-3H3. The predicted octanol–water partition coefficient (Wildman–Crippen LogP) is 2.14. The van der Waals surface area contributed by atoms with E-state index in [4.69, 9.17) is 0 Å². The van der Waals surface area contributed by atoms with Crippen LogP contribution < -0.4 is 5.32 Å². The SMILES string of the molecule is Cc1cc(C)c(C)c(S(=O)(=O)C2CCCNC2)c1. The molecule has 1 heterocycles. The molecule has 3 nitrogen and oxygen atoms in total. The molecule has 1 N–H and O–H groups in total. The zero-order valence-corrected chi connectivity index (χ0v) is 12.1. The minimum Gasteiger partial charge on any atom is -0.315 e. The molecule has 1 aromatic rings. The molecule has 1 unspecified atom stereocenters. The fraction of sp³-hybridized carbons (Fsp3) is 0.571. The maximum atomic E-state index is 12.7. The van der Waals surface area contributed by atoms with Gasteiger partial charge in [0.25, 0.3) is 0 Å². The summed E-state index contributed by atoms with van der Waals surface area (Å²) in [6.45, 7) is 7.33. The van der Waals surface area contributed by atoms with Crippen molar-refractivity contribution in [1.29, 1.82) is 0 Å². The van der Waals surface area contributed by atoms with Crippen molar-refractivity contribution >= 4 is 9.84 Å². The van der Waals surface area contributed by atoms with Crippen LogP contribution in [0.3, 0.4) is 0 Å². The highest BCUT2D eigenvalue weighted by molar-refractivity contribution is 7.92. The van der Waals surface area contributed by atoms with Gasteiger partial charge in [0.1, 0.15) is 0 Å². The normalized spacial score (nSPS) is 20.9. The van der Waals surface area contributed by atoms with Crippen LogP contribution in [-0.4, -0.2) is 26.8 Å². The number of sulfone groups is 1. The molecule has 0 aliphatic carbocycles. The third-order valence-electron chi connectivity index (χ3n) is 3.76. The fourth-order valence-electron chi connectivity index (χ4n) is 2.56. The summed E-state index contributed by atoms with van der Waals surface area (Å²) in [7, 11) is -3.20. The molecule has 1 aliphatic heterocycles. The molecule has 18 heavy (non-hydrogen) atoms. The monoisotopic (exact) mass is 267 g/mol. The Morgan fingerprint density at radius 2 is 1.94 bits per heavy atom. The van der Waals surface area contributed by atoms with Crippen LogP contribution >= 0.6 is 0 Å². The Bertz CT molecular complexity index is 543. The molecule has 100 valence electrons. The van der Waals surface area contributed by atoms with E-state index in [0.717, 1.165) is 36.1 Å². The summed E-state index contributed by atoms with van der Waals surface area (Å²) >= 11 is 0. The van der Waals surface area contributed by atoms with Crippen molar-refractivity contribution < 1.29 is 8.42 Å². The lowest BCUT2D eigenvalue weighted by Crippen LogP contribution is -2.39. The largest absolute Gasteiger partial charge is 0.315 e. The number of hydrogen-bond acceptors (Lipinski definition) is 3. The molecule has 4 heteroatoms. The van der Waals surface area contributed by atoms with E-state index in [2.05, 4.69) is 5.32 Å². The van der Waals surface area contributed by atoms with E-state index in [9.17, 15) is 8.42 Å². The van der Waals surface area contributed by atoms with Gasteiger partial charge in [-0.05, 0) is 62.9 Å². The quantitative estimate of drug-likeness (QED) is 0.893. The van der Waals surface area contributed by atoms with Gasteiger partial charge in [0, 0.05) is 6.54 Å². The van der Waals surface area contributed by atoms with Crippen LogP contribution in [0.15, 0.2) is 17.0 Å². The van der Waals surface area contributed by atoms with Gasteiger partial charge in [-0.2, -0.15) is 0 Å². The number of benzene rings is 1.